The van der Waals surface area contributed by atoms with Crippen LogP contribution in [0, 0.1) is 5.92 Å². The van der Waals surface area contributed by atoms with Gasteiger partial charge in [0.05, 0.1) is 6.61 Å². The van der Waals surface area contributed by atoms with Gasteiger partial charge < -0.3 is 4.74 Å². The van der Waals surface area contributed by atoms with E-state index >= 15 is 0 Å². The van der Waals surface area contributed by atoms with E-state index in [-0.39, 0.29) is 0 Å². The average Bonchev–Trinajstić information content (AvgIpc) is 2.36. The Bertz CT molecular complexity index is 201. The second kappa shape index (κ2) is 2.15. The molecule has 0 bridgehead atoms. The van der Waals surface area contributed by atoms with E-state index in [0.29, 0.717) is 0 Å². The van der Waals surface area contributed by atoms with Crippen molar-refractivity contribution in [3.8, 4) is 0 Å². The monoisotopic (exact) mass is 136 g/mol. The summed E-state index contributed by atoms with van der Waals surface area (Å²) in [7, 11) is 0. The van der Waals surface area contributed by atoms with Crippen molar-refractivity contribution in [1.29, 1.82) is 0 Å². The fourth-order valence-corrected chi connectivity index (χ4v) is 1.65. The average molecular weight is 136 g/mol. The van der Waals surface area contributed by atoms with Gasteiger partial charge in [-0.25, -0.2) is 0 Å². The molecule has 54 valence electrons. The van der Waals surface area contributed by atoms with Crippen molar-refractivity contribution < 1.29 is 4.74 Å². The van der Waals surface area contributed by atoms with Crippen molar-refractivity contribution in [2.45, 2.75) is 19.8 Å². The fourth-order valence-electron chi connectivity index (χ4n) is 1.65. The number of ether oxygens (including phenoxy) is 1. The van der Waals surface area contributed by atoms with Crippen LogP contribution in [0.4, 0.5) is 0 Å². The summed E-state index contributed by atoms with van der Waals surface area (Å²) in [6, 6.07) is 0. The van der Waals surface area contributed by atoms with Gasteiger partial charge in [0.25, 0.3) is 0 Å². The molecule has 10 heavy (non-hydrogen) atoms. The third-order valence-electron chi connectivity index (χ3n) is 2.30. The van der Waals surface area contributed by atoms with Gasteiger partial charge in [0.2, 0.25) is 0 Å². The van der Waals surface area contributed by atoms with Crippen LogP contribution in [0.5, 0.6) is 0 Å². The molecule has 0 fully saturated rings. The Morgan fingerprint density at radius 2 is 2.50 bits per heavy atom. The number of allylic oxidation sites excluding steroid dienone is 2. The van der Waals surface area contributed by atoms with E-state index in [9.17, 15) is 0 Å². The summed E-state index contributed by atoms with van der Waals surface area (Å²) in [6.07, 6.45) is 6.67. The largest absolute Gasteiger partial charge is 0.493 e. The second-order valence-electron chi connectivity index (χ2n) is 3.03. The first-order valence-electron chi connectivity index (χ1n) is 3.90. The molecule has 1 nitrogen and oxygen atoms in total. The van der Waals surface area contributed by atoms with E-state index in [1.807, 2.05) is 0 Å². The van der Waals surface area contributed by atoms with Crippen LogP contribution in [0.2, 0.25) is 0 Å². The lowest BCUT2D eigenvalue weighted by Crippen LogP contribution is -2.01. The summed E-state index contributed by atoms with van der Waals surface area (Å²) >= 11 is 0. The van der Waals surface area contributed by atoms with Gasteiger partial charge >= 0.3 is 0 Å². The topological polar surface area (TPSA) is 9.23 Å². The molecule has 1 heteroatoms. The maximum absolute atomic E-state index is 5.42. The molecule has 2 rings (SSSR count). The summed E-state index contributed by atoms with van der Waals surface area (Å²) in [6.45, 7) is 3.17. The molecule has 1 aliphatic carbocycles. The summed E-state index contributed by atoms with van der Waals surface area (Å²) < 4.78 is 5.42. The molecule has 1 atom stereocenters. The van der Waals surface area contributed by atoms with E-state index in [1.54, 1.807) is 0 Å². The molecule has 0 aromatic heterocycles. The van der Waals surface area contributed by atoms with Gasteiger partial charge in [0, 0.05) is 6.42 Å². The van der Waals surface area contributed by atoms with Gasteiger partial charge in [-0.1, -0.05) is 13.0 Å². The Morgan fingerprint density at radius 1 is 1.60 bits per heavy atom. The Labute approximate surface area is 61.4 Å². The maximum atomic E-state index is 5.42. The van der Waals surface area contributed by atoms with Crippen molar-refractivity contribution in [1.82, 2.24) is 0 Å². The minimum atomic E-state index is 0.725. The zero-order chi connectivity index (χ0) is 6.97. The van der Waals surface area contributed by atoms with Crippen LogP contribution >= 0.6 is 0 Å². The summed E-state index contributed by atoms with van der Waals surface area (Å²) in [5, 5.41) is 0. The van der Waals surface area contributed by atoms with Gasteiger partial charge in [-0.3, -0.25) is 0 Å². The molecule has 1 unspecified atom stereocenters. The molecule has 1 heterocycles. The van der Waals surface area contributed by atoms with Gasteiger partial charge in [0.1, 0.15) is 5.76 Å². The number of hydrogen-bond donors (Lipinski definition) is 0. The first-order valence-corrected chi connectivity index (χ1v) is 3.90. The van der Waals surface area contributed by atoms with Crippen molar-refractivity contribution >= 4 is 0 Å². The highest BCUT2D eigenvalue weighted by Crippen LogP contribution is 2.32. The van der Waals surface area contributed by atoms with Crippen molar-refractivity contribution in [3.63, 3.8) is 0 Å². The van der Waals surface area contributed by atoms with Crippen LogP contribution < -0.4 is 0 Å². The molecule has 0 spiro atoms. The molecule has 0 aromatic carbocycles. The standard InChI is InChI=1S/C9H12O/c1-7-3-2-4-9-8(7)5-6-10-9/h2,4,7H,3,5-6H2,1H3. The van der Waals surface area contributed by atoms with E-state index in [4.69, 9.17) is 4.74 Å². The summed E-state index contributed by atoms with van der Waals surface area (Å²) in [5.74, 6) is 1.88. The first kappa shape index (κ1) is 6.02. The molecular formula is C9H12O. The third kappa shape index (κ3) is 0.772. The lowest BCUT2D eigenvalue weighted by atomic mass is 9.91. The number of hydrogen-bond acceptors (Lipinski definition) is 1. The molecule has 0 radical (unpaired) electrons. The molecule has 0 N–H and O–H groups in total. The van der Waals surface area contributed by atoms with Crippen LogP contribution in [0.3, 0.4) is 0 Å². The van der Waals surface area contributed by atoms with Crippen LogP contribution in [0.1, 0.15) is 19.8 Å². The van der Waals surface area contributed by atoms with Crippen molar-refractivity contribution in [3.05, 3.63) is 23.5 Å². The van der Waals surface area contributed by atoms with E-state index in [2.05, 4.69) is 19.1 Å². The van der Waals surface area contributed by atoms with Gasteiger partial charge in [-0.05, 0) is 24.0 Å². The second-order valence-corrected chi connectivity index (χ2v) is 3.03. The van der Waals surface area contributed by atoms with E-state index in [0.717, 1.165) is 24.7 Å². The lowest BCUT2D eigenvalue weighted by molar-refractivity contribution is 0.256. The quantitative estimate of drug-likeness (QED) is 0.496. The molecular weight excluding hydrogens is 124 g/mol. The molecule has 0 amide bonds. The molecule has 0 saturated heterocycles. The minimum absolute atomic E-state index is 0.725. The third-order valence-corrected chi connectivity index (χ3v) is 2.30. The minimum Gasteiger partial charge on any atom is -0.493 e. The predicted molar refractivity (Wildman–Crippen MR) is 40.5 cm³/mol. The highest BCUT2D eigenvalue weighted by Gasteiger charge is 2.21. The van der Waals surface area contributed by atoms with Crippen molar-refractivity contribution in [2.75, 3.05) is 6.61 Å². The lowest BCUT2D eigenvalue weighted by Gasteiger charge is -2.13. The van der Waals surface area contributed by atoms with Crippen LogP contribution in [-0.2, 0) is 4.74 Å². The normalized spacial score (nSPS) is 30.3. The Morgan fingerprint density at radius 3 is 3.30 bits per heavy atom. The smallest absolute Gasteiger partial charge is 0.118 e. The molecule has 1 aliphatic heterocycles. The molecule has 2 aliphatic rings. The Balaban J connectivity index is 2.30. The highest BCUT2D eigenvalue weighted by molar-refractivity contribution is 5.29. The molecule has 0 aromatic rings. The Hall–Kier alpha value is -0.720. The van der Waals surface area contributed by atoms with E-state index in [1.165, 1.54) is 12.0 Å². The van der Waals surface area contributed by atoms with Crippen LogP contribution in [0.15, 0.2) is 23.5 Å². The maximum Gasteiger partial charge on any atom is 0.118 e. The van der Waals surface area contributed by atoms with Gasteiger partial charge in [-0.2, -0.15) is 0 Å². The zero-order valence-corrected chi connectivity index (χ0v) is 6.26. The van der Waals surface area contributed by atoms with Gasteiger partial charge in [-0.15, -0.1) is 0 Å². The number of rotatable bonds is 0. The molecule has 0 saturated carbocycles. The summed E-state index contributed by atoms with van der Waals surface area (Å²) in [5.41, 5.74) is 1.53. The van der Waals surface area contributed by atoms with Crippen LogP contribution in [0.25, 0.3) is 0 Å². The SMILES string of the molecule is CC1CC=CC2=C1CCO2. The zero-order valence-electron chi connectivity index (χ0n) is 6.26. The fraction of sp³-hybridized carbons (Fsp3) is 0.556. The van der Waals surface area contributed by atoms with E-state index < -0.39 is 0 Å². The first-order chi connectivity index (χ1) is 4.88. The predicted octanol–water partition coefficient (Wildman–Crippen LogP) is 2.26. The van der Waals surface area contributed by atoms with Gasteiger partial charge in [0.15, 0.2) is 0 Å². The van der Waals surface area contributed by atoms with Crippen LogP contribution in [-0.4, -0.2) is 6.61 Å². The summed E-state index contributed by atoms with van der Waals surface area (Å²) in [4.78, 5) is 0. The Kier molecular flexibility index (Phi) is 1.30. The van der Waals surface area contributed by atoms with Crippen molar-refractivity contribution in [2.24, 2.45) is 5.92 Å². The highest BCUT2D eigenvalue weighted by atomic mass is 16.5.